The van der Waals surface area contributed by atoms with Crippen molar-refractivity contribution in [2.45, 2.75) is 32.7 Å². The Balaban J connectivity index is 1.93. The number of hydrogen-bond acceptors (Lipinski definition) is 6. The number of benzene rings is 1. The summed E-state index contributed by atoms with van der Waals surface area (Å²) in [6, 6.07) is 8.74. The Labute approximate surface area is 150 Å². The van der Waals surface area contributed by atoms with Gasteiger partial charge in [0.05, 0.1) is 4.92 Å². The number of nitrogens with zero attached hydrogens (tertiary/aromatic N) is 1. The van der Waals surface area contributed by atoms with E-state index in [2.05, 4.69) is 5.32 Å². The molecule has 8 heteroatoms. The van der Waals surface area contributed by atoms with Crippen molar-refractivity contribution < 1.29 is 23.7 Å². The van der Waals surface area contributed by atoms with Crippen molar-refractivity contribution in [2.75, 3.05) is 6.61 Å². The third kappa shape index (κ3) is 5.17. The lowest BCUT2D eigenvalue weighted by molar-refractivity contribution is -0.384. The van der Waals surface area contributed by atoms with Crippen molar-refractivity contribution in [3.63, 3.8) is 0 Å². The average Bonchev–Trinajstić information content (AvgIpc) is 3.10. The second-order valence-electron chi connectivity index (χ2n) is 5.80. The molecule has 1 N–H and O–H groups in total. The summed E-state index contributed by atoms with van der Waals surface area (Å²) in [7, 11) is 0. The van der Waals surface area contributed by atoms with E-state index in [9.17, 15) is 19.7 Å². The zero-order valence-corrected chi connectivity index (χ0v) is 14.6. The lowest BCUT2D eigenvalue weighted by Gasteiger charge is -2.12. The Bertz CT molecular complexity index is 781. The van der Waals surface area contributed by atoms with E-state index >= 15 is 0 Å². The topological polar surface area (TPSA) is 112 Å². The molecule has 0 aliphatic heterocycles. The van der Waals surface area contributed by atoms with Gasteiger partial charge in [-0.05, 0) is 37.6 Å². The lowest BCUT2D eigenvalue weighted by atomic mass is 10.1. The van der Waals surface area contributed by atoms with E-state index in [1.54, 1.807) is 6.07 Å². The van der Waals surface area contributed by atoms with Crippen LogP contribution in [0.15, 0.2) is 40.8 Å². The molecule has 0 saturated heterocycles. The van der Waals surface area contributed by atoms with E-state index in [4.69, 9.17) is 9.15 Å². The first-order valence-corrected chi connectivity index (χ1v) is 8.22. The standard InChI is InChI=1S/C18H20N2O6/c1-3-4-12(2)19-17(21)11-25-18(22)16-10-9-15(26-16)13-5-7-14(8-6-13)20(23)24/h5-10,12H,3-4,11H2,1-2H3,(H,19,21)/t12-/m1/s1. The number of furan rings is 1. The first-order valence-electron chi connectivity index (χ1n) is 8.22. The molecular weight excluding hydrogens is 340 g/mol. The molecule has 1 heterocycles. The number of amides is 1. The van der Waals surface area contributed by atoms with Crippen LogP contribution in [-0.2, 0) is 9.53 Å². The Kier molecular flexibility index (Phi) is 6.48. The van der Waals surface area contributed by atoms with Crippen LogP contribution in [0.4, 0.5) is 5.69 Å². The smallest absolute Gasteiger partial charge is 0.374 e. The van der Waals surface area contributed by atoms with E-state index in [1.165, 1.54) is 30.3 Å². The number of nitrogens with one attached hydrogen (secondary N) is 1. The highest BCUT2D eigenvalue weighted by atomic mass is 16.6. The van der Waals surface area contributed by atoms with Crippen molar-refractivity contribution in [1.82, 2.24) is 5.32 Å². The molecule has 0 radical (unpaired) electrons. The summed E-state index contributed by atoms with van der Waals surface area (Å²) in [4.78, 5) is 33.8. The lowest BCUT2D eigenvalue weighted by Crippen LogP contribution is -2.35. The molecule has 2 rings (SSSR count). The van der Waals surface area contributed by atoms with Crippen LogP contribution in [0, 0.1) is 10.1 Å². The Morgan fingerprint density at radius 3 is 2.54 bits per heavy atom. The van der Waals surface area contributed by atoms with Crippen LogP contribution < -0.4 is 5.32 Å². The summed E-state index contributed by atoms with van der Waals surface area (Å²) in [5, 5.41) is 13.4. The first-order chi connectivity index (χ1) is 12.4. The predicted octanol–water partition coefficient (Wildman–Crippen LogP) is 3.32. The zero-order chi connectivity index (χ0) is 19.1. The molecule has 1 amide bonds. The zero-order valence-electron chi connectivity index (χ0n) is 14.6. The van der Waals surface area contributed by atoms with Gasteiger partial charge in [0.2, 0.25) is 5.76 Å². The molecule has 8 nitrogen and oxygen atoms in total. The molecule has 0 aliphatic carbocycles. The Hall–Kier alpha value is -3.16. The molecule has 0 unspecified atom stereocenters. The number of carbonyl (C=O) groups excluding carboxylic acids is 2. The number of non-ortho nitro benzene ring substituents is 1. The van der Waals surface area contributed by atoms with E-state index in [1.807, 2.05) is 13.8 Å². The average molecular weight is 360 g/mol. The number of nitro groups is 1. The first kappa shape index (κ1) is 19.2. The molecule has 138 valence electrons. The molecule has 0 spiro atoms. The van der Waals surface area contributed by atoms with Crippen molar-refractivity contribution in [3.8, 4) is 11.3 Å². The van der Waals surface area contributed by atoms with Crippen molar-refractivity contribution in [2.24, 2.45) is 0 Å². The van der Waals surface area contributed by atoms with Gasteiger partial charge in [0.15, 0.2) is 6.61 Å². The molecule has 1 aromatic heterocycles. The normalized spacial score (nSPS) is 11.6. The molecule has 26 heavy (non-hydrogen) atoms. The maximum Gasteiger partial charge on any atom is 0.374 e. The van der Waals surface area contributed by atoms with Crippen LogP contribution in [0.1, 0.15) is 37.2 Å². The van der Waals surface area contributed by atoms with Gasteiger partial charge in [0.1, 0.15) is 5.76 Å². The largest absolute Gasteiger partial charge is 0.450 e. The van der Waals surface area contributed by atoms with Gasteiger partial charge in [-0.15, -0.1) is 0 Å². The van der Waals surface area contributed by atoms with Crippen molar-refractivity contribution >= 4 is 17.6 Å². The highest BCUT2D eigenvalue weighted by Gasteiger charge is 2.16. The Morgan fingerprint density at radius 2 is 1.92 bits per heavy atom. The molecule has 0 fully saturated rings. The molecule has 0 bridgehead atoms. The minimum atomic E-state index is -0.753. The number of rotatable bonds is 8. The van der Waals surface area contributed by atoms with E-state index < -0.39 is 10.9 Å². The maximum absolute atomic E-state index is 12.0. The minimum Gasteiger partial charge on any atom is -0.450 e. The molecular formula is C18H20N2O6. The van der Waals surface area contributed by atoms with Crippen LogP contribution in [0.25, 0.3) is 11.3 Å². The molecule has 2 aromatic rings. The SMILES string of the molecule is CCC[C@@H](C)NC(=O)COC(=O)c1ccc(-c2ccc([N+](=O)[O-])cc2)o1. The maximum atomic E-state index is 12.0. The van der Waals surface area contributed by atoms with Crippen molar-refractivity contribution in [1.29, 1.82) is 0 Å². The van der Waals surface area contributed by atoms with Gasteiger partial charge in [-0.3, -0.25) is 14.9 Å². The van der Waals surface area contributed by atoms with Crippen LogP contribution in [0.5, 0.6) is 0 Å². The van der Waals surface area contributed by atoms with Crippen LogP contribution >= 0.6 is 0 Å². The number of esters is 1. The van der Waals surface area contributed by atoms with Gasteiger partial charge in [0, 0.05) is 23.7 Å². The van der Waals surface area contributed by atoms with Gasteiger partial charge < -0.3 is 14.5 Å². The predicted molar refractivity (Wildman–Crippen MR) is 93.6 cm³/mol. The molecule has 0 aliphatic rings. The highest BCUT2D eigenvalue weighted by molar-refractivity contribution is 5.89. The summed E-state index contributed by atoms with van der Waals surface area (Å²) in [6.45, 7) is 3.51. The van der Waals surface area contributed by atoms with E-state index in [-0.39, 0.29) is 30.0 Å². The molecule has 1 atom stereocenters. The summed E-state index contributed by atoms with van der Waals surface area (Å²) >= 11 is 0. The monoisotopic (exact) mass is 360 g/mol. The van der Waals surface area contributed by atoms with Gasteiger partial charge in [-0.25, -0.2) is 4.79 Å². The summed E-state index contributed by atoms with van der Waals surface area (Å²) < 4.78 is 10.3. The van der Waals surface area contributed by atoms with E-state index in [0.717, 1.165) is 12.8 Å². The second-order valence-corrected chi connectivity index (χ2v) is 5.80. The summed E-state index contributed by atoms with van der Waals surface area (Å²) in [5.74, 6) is -0.807. The van der Waals surface area contributed by atoms with Crippen molar-refractivity contribution in [3.05, 3.63) is 52.3 Å². The number of ether oxygens (including phenoxy) is 1. The van der Waals surface area contributed by atoms with Gasteiger partial charge in [0.25, 0.3) is 11.6 Å². The molecule has 1 aromatic carbocycles. The summed E-state index contributed by atoms with van der Waals surface area (Å²) in [5.41, 5.74) is 0.545. The highest BCUT2D eigenvalue weighted by Crippen LogP contribution is 2.24. The van der Waals surface area contributed by atoms with Gasteiger partial charge in [-0.1, -0.05) is 13.3 Å². The fourth-order valence-corrected chi connectivity index (χ4v) is 2.37. The van der Waals surface area contributed by atoms with Gasteiger partial charge >= 0.3 is 5.97 Å². The summed E-state index contributed by atoms with van der Waals surface area (Å²) in [6.07, 6.45) is 1.79. The number of carbonyl (C=O) groups is 2. The Morgan fingerprint density at radius 1 is 1.23 bits per heavy atom. The second kappa shape index (κ2) is 8.80. The number of nitro benzene ring substituents is 1. The van der Waals surface area contributed by atoms with Crippen LogP contribution in [0.3, 0.4) is 0 Å². The van der Waals surface area contributed by atoms with Crippen LogP contribution in [-0.4, -0.2) is 29.4 Å². The fourth-order valence-electron chi connectivity index (χ4n) is 2.37. The van der Waals surface area contributed by atoms with Gasteiger partial charge in [-0.2, -0.15) is 0 Å². The van der Waals surface area contributed by atoms with E-state index in [0.29, 0.717) is 11.3 Å². The quantitative estimate of drug-likeness (QED) is 0.439. The fraction of sp³-hybridized carbons (Fsp3) is 0.333. The number of hydrogen-bond donors (Lipinski definition) is 1. The third-order valence-electron chi connectivity index (χ3n) is 3.63. The molecule has 0 saturated carbocycles. The minimum absolute atomic E-state index is 0.0172. The third-order valence-corrected chi connectivity index (χ3v) is 3.63. The van der Waals surface area contributed by atoms with Crippen LogP contribution in [0.2, 0.25) is 0 Å².